The van der Waals surface area contributed by atoms with Crippen molar-refractivity contribution in [1.29, 1.82) is 0 Å². The van der Waals surface area contributed by atoms with Crippen LogP contribution >= 0.6 is 11.3 Å². The topological polar surface area (TPSA) is 117 Å². The van der Waals surface area contributed by atoms with E-state index in [9.17, 15) is 19.8 Å². The SMILES string of the molecule is CON=Cc1ncn2c(C3=C(C(=O)O)N4C(=O)[C@H]([C@@H](C)O)[C@H]4C3)csc12. The largest absolute Gasteiger partial charge is 0.477 e. The Hall–Kier alpha value is -2.72. The molecule has 10 heteroatoms. The number of β-lactam (4-membered cyclic amide) rings is 1. The number of carboxylic acids is 1. The molecule has 1 fully saturated rings. The van der Waals surface area contributed by atoms with E-state index in [0.29, 0.717) is 23.4 Å². The molecule has 136 valence electrons. The van der Waals surface area contributed by atoms with Crippen LogP contribution in [0.15, 0.2) is 22.6 Å². The molecule has 0 bridgehead atoms. The molecule has 2 aromatic rings. The van der Waals surface area contributed by atoms with Gasteiger partial charge in [-0.2, -0.15) is 0 Å². The monoisotopic (exact) mass is 376 g/mol. The van der Waals surface area contributed by atoms with Gasteiger partial charge in [-0.15, -0.1) is 11.3 Å². The van der Waals surface area contributed by atoms with Crippen LogP contribution < -0.4 is 0 Å². The highest BCUT2D eigenvalue weighted by Gasteiger charge is 2.57. The number of aliphatic hydroxyl groups excluding tert-OH is 1. The first-order chi connectivity index (χ1) is 12.5. The highest BCUT2D eigenvalue weighted by molar-refractivity contribution is 7.16. The van der Waals surface area contributed by atoms with Crippen LogP contribution in [-0.2, 0) is 14.4 Å². The summed E-state index contributed by atoms with van der Waals surface area (Å²) >= 11 is 1.40. The number of rotatable bonds is 5. The number of nitrogens with zero attached hydrogens (tertiary/aromatic N) is 4. The average Bonchev–Trinajstić information content (AvgIpc) is 3.24. The Balaban J connectivity index is 1.79. The van der Waals surface area contributed by atoms with Crippen LogP contribution in [-0.4, -0.2) is 61.8 Å². The van der Waals surface area contributed by atoms with E-state index in [1.54, 1.807) is 17.7 Å². The molecule has 2 aliphatic rings. The molecule has 1 saturated heterocycles. The zero-order valence-electron chi connectivity index (χ0n) is 14.0. The summed E-state index contributed by atoms with van der Waals surface area (Å²) in [6.45, 7) is 1.55. The fourth-order valence-corrected chi connectivity index (χ4v) is 4.68. The average molecular weight is 376 g/mol. The number of fused-ring (bicyclic) bond motifs is 2. The molecule has 2 aliphatic heterocycles. The number of hydrogen-bond donors (Lipinski definition) is 2. The van der Waals surface area contributed by atoms with E-state index >= 15 is 0 Å². The third-order valence-electron chi connectivity index (χ3n) is 4.81. The van der Waals surface area contributed by atoms with Crippen LogP contribution in [0.3, 0.4) is 0 Å². The Morgan fingerprint density at radius 3 is 3.00 bits per heavy atom. The molecule has 0 radical (unpaired) electrons. The van der Waals surface area contributed by atoms with Gasteiger partial charge in [0.25, 0.3) is 0 Å². The summed E-state index contributed by atoms with van der Waals surface area (Å²) in [6.07, 6.45) is 2.64. The quantitative estimate of drug-likeness (QED) is 0.453. The highest BCUT2D eigenvalue weighted by Crippen LogP contribution is 2.47. The number of carbonyl (C=O) groups is 2. The van der Waals surface area contributed by atoms with E-state index in [1.807, 2.05) is 5.38 Å². The van der Waals surface area contributed by atoms with Crippen LogP contribution in [0.2, 0.25) is 0 Å². The zero-order chi connectivity index (χ0) is 18.6. The normalized spacial score (nSPS) is 23.7. The van der Waals surface area contributed by atoms with E-state index in [4.69, 9.17) is 0 Å². The molecule has 0 spiro atoms. The maximum absolute atomic E-state index is 12.3. The number of thiazole rings is 1. The number of carboxylic acid groups (broad SMARTS) is 1. The second kappa shape index (κ2) is 5.92. The lowest BCUT2D eigenvalue weighted by Crippen LogP contribution is -2.61. The minimum atomic E-state index is -1.15. The maximum Gasteiger partial charge on any atom is 0.352 e. The number of imidazole rings is 1. The molecule has 1 amide bonds. The van der Waals surface area contributed by atoms with E-state index in [2.05, 4.69) is 15.0 Å². The number of amides is 1. The van der Waals surface area contributed by atoms with Gasteiger partial charge in [0.15, 0.2) is 0 Å². The first kappa shape index (κ1) is 16.7. The second-order valence-corrected chi connectivity index (χ2v) is 7.08. The second-order valence-electron chi connectivity index (χ2n) is 6.22. The Morgan fingerprint density at radius 2 is 2.35 bits per heavy atom. The number of aliphatic hydroxyl groups is 1. The summed E-state index contributed by atoms with van der Waals surface area (Å²) in [5, 5.41) is 25.1. The fraction of sp³-hybridized carbons (Fsp3) is 0.375. The number of aliphatic carboxylic acids is 1. The smallest absolute Gasteiger partial charge is 0.352 e. The summed E-state index contributed by atoms with van der Waals surface area (Å²) in [5.74, 6) is -2.06. The van der Waals surface area contributed by atoms with Gasteiger partial charge in [0.05, 0.1) is 30.0 Å². The standard InChI is InChI=1S/C16H16N4O5S/c1-7(21)12-10-3-8(13(16(23)24)20(10)14(12)22)11-5-26-15-9(4-18-25-2)17-6-19(11)15/h4-7,10,12,21H,3H2,1-2H3,(H,23,24)/t7-,10-,12-/m1/s1. The lowest BCUT2D eigenvalue weighted by Gasteiger charge is -2.44. The summed E-state index contributed by atoms with van der Waals surface area (Å²) in [7, 11) is 1.44. The predicted octanol–water partition coefficient (Wildman–Crippen LogP) is 0.783. The van der Waals surface area contributed by atoms with Crippen molar-refractivity contribution in [1.82, 2.24) is 14.3 Å². The van der Waals surface area contributed by atoms with Gasteiger partial charge in [-0.3, -0.25) is 9.20 Å². The van der Waals surface area contributed by atoms with Crippen molar-refractivity contribution in [3.63, 3.8) is 0 Å². The van der Waals surface area contributed by atoms with Crippen molar-refractivity contribution in [2.24, 2.45) is 11.1 Å². The lowest BCUT2D eigenvalue weighted by atomic mass is 9.83. The molecule has 0 aromatic carbocycles. The summed E-state index contributed by atoms with van der Waals surface area (Å²) in [4.78, 5) is 35.2. The molecule has 2 aromatic heterocycles. The molecule has 2 N–H and O–H groups in total. The van der Waals surface area contributed by atoms with Crippen LogP contribution in [0, 0.1) is 5.92 Å². The van der Waals surface area contributed by atoms with Gasteiger partial charge in [0.2, 0.25) is 5.91 Å². The first-order valence-corrected chi connectivity index (χ1v) is 8.82. The van der Waals surface area contributed by atoms with E-state index in [0.717, 1.165) is 4.83 Å². The first-order valence-electron chi connectivity index (χ1n) is 7.94. The molecule has 4 heterocycles. The van der Waals surface area contributed by atoms with Crippen molar-refractivity contribution in [2.75, 3.05) is 7.11 Å². The van der Waals surface area contributed by atoms with Gasteiger partial charge in [-0.25, -0.2) is 9.78 Å². The number of aromatic nitrogens is 2. The van der Waals surface area contributed by atoms with Gasteiger partial charge in [0, 0.05) is 11.0 Å². The van der Waals surface area contributed by atoms with Crippen LogP contribution in [0.4, 0.5) is 0 Å². The lowest BCUT2D eigenvalue weighted by molar-refractivity contribution is -0.161. The van der Waals surface area contributed by atoms with Crippen molar-refractivity contribution >= 4 is 39.8 Å². The molecular formula is C16H16N4O5S. The zero-order valence-corrected chi connectivity index (χ0v) is 14.8. The van der Waals surface area contributed by atoms with Crippen molar-refractivity contribution < 1.29 is 24.6 Å². The number of hydrogen-bond acceptors (Lipinski definition) is 7. The third-order valence-corrected chi connectivity index (χ3v) is 5.78. The summed E-state index contributed by atoms with van der Waals surface area (Å²) < 4.78 is 1.79. The van der Waals surface area contributed by atoms with Gasteiger partial charge in [0.1, 0.15) is 29.7 Å². The van der Waals surface area contributed by atoms with E-state index in [1.165, 1.54) is 29.6 Å². The molecular weight excluding hydrogens is 360 g/mol. The minimum Gasteiger partial charge on any atom is -0.477 e. The van der Waals surface area contributed by atoms with Crippen LogP contribution in [0.1, 0.15) is 24.7 Å². The highest BCUT2D eigenvalue weighted by atomic mass is 32.1. The van der Waals surface area contributed by atoms with Crippen molar-refractivity contribution in [2.45, 2.75) is 25.5 Å². The summed E-state index contributed by atoms with van der Waals surface area (Å²) in [6, 6.07) is -0.323. The molecule has 0 unspecified atom stereocenters. The Kier molecular flexibility index (Phi) is 3.81. The fourth-order valence-electron chi connectivity index (χ4n) is 3.71. The van der Waals surface area contributed by atoms with Crippen LogP contribution in [0.5, 0.6) is 0 Å². The maximum atomic E-state index is 12.3. The van der Waals surface area contributed by atoms with Gasteiger partial charge in [-0.05, 0) is 13.3 Å². The van der Waals surface area contributed by atoms with Gasteiger partial charge in [-0.1, -0.05) is 5.16 Å². The molecule has 4 rings (SSSR count). The van der Waals surface area contributed by atoms with E-state index in [-0.39, 0.29) is 17.6 Å². The van der Waals surface area contributed by atoms with Crippen LogP contribution in [0.25, 0.3) is 10.4 Å². The summed E-state index contributed by atoms with van der Waals surface area (Å²) in [5.41, 5.74) is 1.84. The molecule has 0 aliphatic carbocycles. The van der Waals surface area contributed by atoms with E-state index < -0.39 is 18.0 Å². The third kappa shape index (κ3) is 2.19. The minimum absolute atomic E-state index is 0.0163. The Morgan fingerprint density at radius 1 is 1.58 bits per heavy atom. The Bertz CT molecular complexity index is 973. The predicted molar refractivity (Wildman–Crippen MR) is 92.6 cm³/mol. The van der Waals surface area contributed by atoms with Gasteiger partial charge < -0.3 is 20.0 Å². The number of carbonyl (C=O) groups excluding carboxylic acids is 1. The molecule has 3 atom stereocenters. The Labute approximate surface area is 151 Å². The molecule has 26 heavy (non-hydrogen) atoms. The number of oxime groups is 1. The van der Waals surface area contributed by atoms with Gasteiger partial charge >= 0.3 is 5.97 Å². The molecule has 9 nitrogen and oxygen atoms in total. The van der Waals surface area contributed by atoms with Crippen molar-refractivity contribution in [3.8, 4) is 0 Å². The molecule has 0 saturated carbocycles. The van der Waals surface area contributed by atoms with Crippen molar-refractivity contribution in [3.05, 3.63) is 28.8 Å².